The highest BCUT2D eigenvalue weighted by molar-refractivity contribution is 7.09. The number of carbonyl (C=O) groups is 2. The topological polar surface area (TPSA) is 138 Å². The van der Waals surface area contributed by atoms with Gasteiger partial charge in [0, 0.05) is 11.8 Å². The fourth-order valence-corrected chi connectivity index (χ4v) is 2.59. The first-order chi connectivity index (χ1) is 11.7. The van der Waals surface area contributed by atoms with E-state index in [1.807, 2.05) is 6.07 Å². The number of hydrogen-bond donors (Lipinski definition) is 2. The summed E-state index contributed by atoms with van der Waals surface area (Å²) in [6.45, 7) is 5.05. The van der Waals surface area contributed by atoms with Gasteiger partial charge in [0.1, 0.15) is 29.7 Å². The Labute approximate surface area is 147 Å². The molecule has 2 aromatic rings. The Morgan fingerprint density at radius 1 is 1.48 bits per heavy atom. The van der Waals surface area contributed by atoms with Crippen molar-refractivity contribution in [3.05, 3.63) is 22.3 Å². The first-order valence-electron chi connectivity index (χ1n) is 7.20. The van der Waals surface area contributed by atoms with Crippen LogP contribution in [-0.2, 0) is 16.0 Å². The Balaban J connectivity index is 2.06. The Kier molecular flexibility index (Phi) is 5.38. The molecule has 0 saturated carbocycles. The molecule has 1 atom stereocenters. The molecule has 10 heteroatoms. The van der Waals surface area contributed by atoms with E-state index in [0.29, 0.717) is 10.7 Å². The summed E-state index contributed by atoms with van der Waals surface area (Å²) >= 11 is 1.20. The SMILES string of the molecule is CC(C)(C)OC(=O)N[C@@H](Cc1nc(-c2nc(C#N)co2)cs1)C(=O)O. The van der Waals surface area contributed by atoms with E-state index >= 15 is 0 Å². The largest absolute Gasteiger partial charge is 0.480 e. The van der Waals surface area contributed by atoms with Crippen molar-refractivity contribution >= 4 is 23.4 Å². The molecule has 0 spiro atoms. The van der Waals surface area contributed by atoms with Crippen LogP contribution in [-0.4, -0.2) is 38.8 Å². The first kappa shape index (κ1) is 18.4. The maximum absolute atomic E-state index is 11.8. The van der Waals surface area contributed by atoms with Gasteiger partial charge in [-0.1, -0.05) is 0 Å². The molecule has 0 aromatic carbocycles. The zero-order chi connectivity index (χ0) is 18.6. The Hall–Kier alpha value is -2.93. The summed E-state index contributed by atoms with van der Waals surface area (Å²) in [4.78, 5) is 31.3. The number of carboxylic acids is 1. The fraction of sp³-hybridized carbons (Fsp3) is 0.400. The zero-order valence-corrected chi connectivity index (χ0v) is 14.6. The number of thiazole rings is 1. The molecule has 132 valence electrons. The van der Waals surface area contributed by atoms with Crippen LogP contribution in [0, 0.1) is 11.3 Å². The van der Waals surface area contributed by atoms with Gasteiger partial charge in [0.2, 0.25) is 5.89 Å². The highest BCUT2D eigenvalue weighted by Crippen LogP contribution is 2.22. The second-order valence-electron chi connectivity index (χ2n) is 6.02. The third-order valence-corrected chi connectivity index (χ3v) is 3.63. The summed E-state index contributed by atoms with van der Waals surface area (Å²) < 4.78 is 10.2. The van der Waals surface area contributed by atoms with E-state index in [-0.39, 0.29) is 18.0 Å². The molecular formula is C15H16N4O5S. The number of carboxylic acid groups (broad SMARTS) is 1. The summed E-state index contributed by atoms with van der Waals surface area (Å²) in [6, 6.07) is 0.656. The van der Waals surface area contributed by atoms with Gasteiger partial charge in [0.15, 0.2) is 5.69 Å². The molecule has 0 bridgehead atoms. The number of alkyl carbamates (subject to hydrolysis) is 1. The van der Waals surface area contributed by atoms with Crippen LogP contribution in [0.3, 0.4) is 0 Å². The fourth-order valence-electron chi connectivity index (χ4n) is 1.77. The average Bonchev–Trinajstić information content (AvgIpc) is 3.12. The maximum Gasteiger partial charge on any atom is 0.408 e. The second kappa shape index (κ2) is 7.31. The molecule has 0 aliphatic heterocycles. The van der Waals surface area contributed by atoms with Crippen molar-refractivity contribution in [3.8, 4) is 17.7 Å². The molecule has 2 heterocycles. The van der Waals surface area contributed by atoms with E-state index in [0.717, 1.165) is 0 Å². The Bertz CT molecular complexity index is 814. The van der Waals surface area contributed by atoms with Crippen LogP contribution in [0.15, 0.2) is 16.1 Å². The van der Waals surface area contributed by atoms with Crippen LogP contribution in [0.2, 0.25) is 0 Å². The van der Waals surface area contributed by atoms with Crippen LogP contribution in [0.4, 0.5) is 4.79 Å². The molecular weight excluding hydrogens is 348 g/mol. The summed E-state index contributed by atoms with van der Waals surface area (Å²) in [6.07, 6.45) is 0.367. The number of aliphatic carboxylic acids is 1. The van der Waals surface area contributed by atoms with E-state index in [1.165, 1.54) is 17.6 Å². The monoisotopic (exact) mass is 364 g/mol. The number of carbonyl (C=O) groups excluding carboxylic acids is 1. The molecule has 0 saturated heterocycles. The van der Waals surface area contributed by atoms with Gasteiger partial charge in [-0.3, -0.25) is 0 Å². The number of hydrogen-bond acceptors (Lipinski definition) is 8. The lowest BCUT2D eigenvalue weighted by Gasteiger charge is -2.21. The minimum absolute atomic E-state index is 0.0228. The molecule has 2 N–H and O–H groups in total. The third-order valence-electron chi connectivity index (χ3n) is 2.76. The van der Waals surface area contributed by atoms with Gasteiger partial charge >= 0.3 is 12.1 Å². The lowest BCUT2D eigenvalue weighted by molar-refractivity contribution is -0.139. The summed E-state index contributed by atoms with van der Waals surface area (Å²) in [5.41, 5.74) is -0.215. The highest BCUT2D eigenvalue weighted by Gasteiger charge is 2.25. The smallest absolute Gasteiger partial charge is 0.408 e. The molecule has 0 aliphatic rings. The first-order valence-corrected chi connectivity index (χ1v) is 8.08. The Morgan fingerprint density at radius 3 is 2.76 bits per heavy atom. The van der Waals surface area contributed by atoms with Crippen LogP contribution in [0.5, 0.6) is 0 Å². The molecule has 1 amide bonds. The van der Waals surface area contributed by atoms with E-state index in [1.54, 1.807) is 26.2 Å². The van der Waals surface area contributed by atoms with Gasteiger partial charge in [-0.25, -0.2) is 14.6 Å². The number of ether oxygens (including phenoxy) is 1. The highest BCUT2D eigenvalue weighted by atomic mass is 32.1. The van der Waals surface area contributed by atoms with Crippen molar-refractivity contribution in [2.45, 2.75) is 38.8 Å². The molecule has 0 unspecified atom stereocenters. The van der Waals surface area contributed by atoms with Crippen molar-refractivity contribution in [1.29, 1.82) is 5.26 Å². The molecule has 2 rings (SSSR count). The van der Waals surface area contributed by atoms with Gasteiger partial charge in [0.25, 0.3) is 0 Å². The number of nitriles is 1. The van der Waals surface area contributed by atoms with Crippen molar-refractivity contribution in [3.63, 3.8) is 0 Å². The van der Waals surface area contributed by atoms with E-state index in [9.17, 15) is 14.7 Å². The van der Waals surface area contributed by atoms with Gasteiger partial charge in [-0.2, -0.15) is 10.2 Å². The van der Waals surface area contributed by atoms with Crippen molar-refractivity contribution in [1.82, 2.24) is 15.3 Å². The lowest BCUT2D eigenvalue weighted by Crippen LogP contribution is -2.44. The molecule has 25 heavy (non-hydrogen) atoms. The molecule has 0 aliphatic carbocycles. The van der Waals surface area contributed by atoms with E-state index in [2.05, 4.69) is 15.3 Å². The van der Waals surface area contributed by atoms with Gasteiger partial charge in [0.05, 0.1) is 5.01 Å². The van der Waals surface area contributed by atoms with Crippen LogP contribution in [0.1, 0.15) is 31.5 Å². The standard InChI is InChI=1S/C15H16N4O5S/c1-15(2,3)24-14(22)19-9(13(20)21)4-11-18-10(7-25-11)12-17-8(5-16)6-23-12/h6-7,9H,4H2,1-3H3,(H,19,22)(H,20,21)/t9-/m0/s1. The summed E-state index contributed by atoms with van der Waals surface area (Å²) in [7, 11) is 0. The van der Waals surface area contributed by atoms with Gasteiger partial charge in [-0.15, -0.1) is 11.3 Å². The average molecular weight is 364 g/mol. The maximum atomic E-state index is 11.8. The Morgan fingerprint density at radius 2 is 2.20 bits per heavy atom. The molecule has 0 radical (unpaired) electrons. The van der Waals surface area contributed by atoms with Crippen molar-refractivity contribution in [2.75, 3.05) is 0 Å². The van der Waals surface area contributed by atoms with Crippen LogP contribution >= 0.6 is 11.3 Å². The predicted molar refractivity (Wildman–Crippen MR) is 86.8 cm³/mol. The minimum atomic E-state index is -1.20. The van der Waals surface area contributed by atoms with Crippen molar-refractivity contribution < 1.29 is 23.8 Å². The lowest BCUT2D eigenvalue weighted by atomic mass is 10.2. The number of oxazole rings is 1. The van der Waals surface area contributed by atoms with Gasteiger partial charge < -0.3 is 19.6 Å². The third kappa shape index (κ3) is 5.29. The minimum Gasteiger partial charge on any atom is -0.480 e. The molecule has 9 nitrogen and oxygen atoms in total. The van der Waals surface area contributed by atoms with Crippen molar-refractivity contribution in [2.24, 2.45) is 0 Å². The van der Waals surface area contributed by atoms with E-state index in [4.69, 9.17) is 14.4 Å². The summed E-state index contributed by atoms with van der Waals surface area (Å²) in [5.74, 6) is -1.03. The second-order valence-corrected chi connectivity index (χ2v) is 6.96. The number of rotatable bonds is 5. The normalized spacial score (nSPS) is 12.2. The molecule has 2 aromatic heterocycles. The number of nitrogens with one attached hydrogen (secondary N) is 1. The van der Waals surface area contributed by atoms with Gasteiger partial charge in [-0.05, 0) is 20.8 Å². The number of aromatic nitrogens is 2. The van der Waals surface area contributed by atoms with E-state index < -0.39 is 23.7 Å². The number of nitrogens with zero attached hydrogens (tertiary/aromatic N) is 3. The quantitative estimate of drug-likeness (QED) is 0.823. The van der Waals surface area contributed by atoms with Crippen LogP contribution in [0.25, 0.3) is 11.6 Å². The molecule has 0 fully saturated rings. The number of amides is 1. The predicted octanol–water partition coefficient (Wildman–Crippen LogP) is 2.19. The zero-order valence-electron chi connectivity index (χ0n) is 13.8. The summed E-state index contributed by atoms with van der Waals surface area (Å²) in [5, 5.41) is 22.4. The van der Waals surface area contributed by atoms with Crippen LogP contribution < -0.4 is 5.32 Å².